The van der Waals surface area contributed by atoms with E-state index in [0.717, 1.165) is 5.69 Å². The van der Waals surface area contributed by atoms with E-state index in [-0.39, 0.29) is 29.6 Å². The van der Waals surface area contributed by atoms with Crippen molar-refractivity contribution in [2.75, 3.05) is 19.0 Å². The Balaban J connectivity index is 1.86. The fourth-order valence-corrected chi connectivity index (χ4v) is 3.01. The summed E-state index contributed by atoms with van der Waals surface area (Å²) in [6.07, 6.45) is -1.30. The van der Waals surface area contributed by atoms with Crippen molar-refractivity contribution in [3.05, 3.63) is 46.1 Å². The van der Waals surface area contributed by atoms with Gasteiger partial charge in [-0.05, 0) is 18.2 Å². The van der Waals surface area contributed by atoms with Crippen LogP contribution in [0.4, 0.5) is 5.69 Å². The molecule has 1 saturated heterocycles. The first-order valence-electron chi connectivity index (χ1n) is 8.62. The number of fused-ring (bicyclic) bond motifs is 2. The van der Waals surface area contributed by atoms with Crippen molar-refractivity contribution in [3.63, 3.8) is 0 Å². The van der Waals surface area contributed by atoms with Gasteiger partial charge in [0.2, 0.25) is 5.91 Å². The molecule has 1 N–H and O–H groups in total. The third-order valence-corrected chi connectivity index (χ3v) is 4.46. The quantitative estimate of drug-likeness (QED) is 0.526. The summed E-state index contributed by atoms with van der Waals surface area (Å²) in [4.78, 5) is 52.3. The summed E-state index contributed by atoms with van der Waals surface area (Å²) in [6, 6.07) is 8.06. The van der Waals surface area contributed by atoms with Gasteiger partial charge in [-0.25, -0.2) is 10.5 Å². The first-order valence-corrected chi connectivity index (χ1v) is 8.62. The smallest absolute Gasteiger partial charge is 0.246 e. The van der Waals surface area contributed by atoms with E-state index in [4.69, 9.17) is 9.30 Å². The Morgan fingerprint density at radius 2 is 1.93 bits per heavy atom. The molecule has 0 spiro atoms. The van der Waals surface area contributed by atoms with Crippen LogP contribution < -0.4 is 15.8 Å². The first kappa shape index (κ1) is 18.1. The molecule has 144 valence electrons. The molecule has 9 heteroatoms. The maximum atomic E-state index is 12.5. The summed E-state index contributed by atoms with van der Waals surface area (Å²) in [5.41, 5.74) is 4.24. The van der Waals surface area contributed by atoms with Crippen molar-refractivity contribution >= 4 is 28.5 Å². The summed E-state index contributed by atoms with van der Waals surface area (Å²) in [6.45, 7) is 0. The molecular formula is C19H17N3O6. The topological polar surface area (TPSA) is 111 Å². The predicted molar refractivity (Wildman–Crippen MR) is 98.5 cm³/mol. The first-order chi connectivity index (χ1) is 13.4. The number of hydroxylamine groups is 1. The van der Waals surface area contributed by atoms with Gasteiger partial charge in [0.1, 0.15) is 11.2 Å². The average molecular weight is 383 g/mol. The van der Waals surface area contributed by atoms with Crippen LogP contribution in [0.1, 0.15) is 24.5 Å². The molecule has 1 atom stereocenters. The Hall–Kier alpha value is -3.30. The standard InChI is InChI=1S/C19H17N3O6/c1-22(2)10-3-4-13-15(7-10)26-16-9-11(23)8-12(18(16)20-13)19-14(24)5-6-17(25)21-28-27-19/h3-4,7-9,19H,5-6H2,1-2H3,(H,21,25). The van der Waals surface area contributed by atoms with E-state index in [9.17, 15) is 14.4 Å². The fraction of sp³-hybridized carbons (Fsp3) is 0.263. The molecule has 0 aromatic heterocycles. The monoisotopic (exact) mass is 383 g/mol. The van der Waals surface area contributed by atoms with Gasteiger partial charge in [0.25, 0.3) is 0 Å². The Labute approximate surface area is 159 Å². The SMILES string of the molecule is CN(C)c1ccc2nc3c(C4OONC(=O)CCC4=O)cc(=O)cc-3oc2c1. The Kier molecular flexibility index (Phi) is 4.54. The molecule has 2 aliphatic heterocycles. The van der Waals surface area contributed by atoms with Gasteiger partial charge in [-0.1, -0.05) is 0 Å². The van der Waals surface area contributed by atoms with E-state index in [1.165, 1.54) is 12.1 Å². The second kappa shape index (κ2) is 7.02. The molecule has 9 nitrogen and oxygen atoms in total. The van der Waals surface area contributed by atoms with Gasteiger partial charge < -0.3 is 9.32 Å². The maximum absolute atomic E-state index is 12.5. The lowest BCUT2D eigenvalue weighted by Crippen LogP contribution is -2.31. The number of carbonyl (C=O) groups excluding carboxylic acids is 2. The van der Waals surface area contributed by atoms with E-state index in [1.54, 1.807) is 6.07 Å². The van der Waals surface area contributed by atoms with Crippen LogP contribution in [0.2, 0.25) is 0 Å². The van der Waals surface area contributed by atoms with E-state index in [1.807, 2.05) is 31.1 Å². The van der Waals surface area contributed by atoms with Gasteiger partial charge in [-0.2, -0.15) is 4.89 Å². The molecular weight excluding hydrogens is 366 g/mol. The highest BCUT2D eigenvalue weighted by Crippen LogP contribution is 2.33. The molecule has 1 unspecified atom stereocenters. The summed E-state index contributed by atoms with van der Waals surface area (Å²) >= 11 is 0. The number of Topliss-reactive ketones (excluding diaryl/α,β-unsaturated/α-hetero) is 1. The molecule has 2 heterocycles. The number of carbonyl (C=O) groups is 2. The number of amides is 1. The minimum Gasteiger partial charge on any atom is -0.453 e. The molecule has 0 radical (unpaired) electrons. The molecule has 1 aromatic carbocycles. The van der Waals surface area contributed by atoms with Crippen LogP contribution in [0.5, 0.6) is 0 Å². The van der Waals surface area contributed by atoms with Crippen LogP contribution >= 0.6 is 0 Å². The number of rotatable bonds is 2. The van der Waals surface area contributed by atoms with Gasteiger partial charge in [-0.15, -0.1) is 4.99 Å². The number of hydrogen-bond acceptors (Lipinski definition) is 8. The average Bonchev–Trinajstić information content (AvgIpc) is 2.65. The van der Waals surface area contributed by atoms with Crippen LogP contribution in [-0.2, 0) is 19.5 Å². The number of benzene rings is 2. The van der Waals surface area contributed by atoms with Gasteiger partial charge in [0.15, 0.2) is 28.7 Å². The van der Waals surface area contributed by atoms with Crippen molar-refractivity contribution in [1.82, 2.24) is 10.5 Å². The number of ketones is 1. The molecule has 3 aliphatic rings. The van der Waals surface area contributed by atoms with E-state index < -0.39 is 17.8 Å². The second-order valence-electron chi connectivity index (χ2n) is 6.67. The van der Waals surface area contributed by atoms with Crippen LogP contribution in [0.15, 0.2) is 39.5 Å². The number of hydrogen-bond donors (Lipinski definition) is 1. The summed E-state index contributed by atoms with van der Waals surface area (Å²) in [7, 11) is 3.81. The summed E-state index contributed by atoms with van der Waals surface area (Å²) < 4.78 is 5.89. The zero-order valence-corrected chi connectivity index (χ0v) is 15.2. The molecule has 0 saturated carbocycles. The molecule has 4 rings (SSSR count). The van der Waals surface area contributed by atoms with Crippen molar-refractivity contribution in [3.8, 4) is 11.5 Å². The lowest BCUT2D eigenvalue weighted by Gasteiger charge is -2.20. The molecule has 1 aliphatic carbocycles. The maximum Gasteiger partial charge on any atom is 0.246 e. The van der Waals surface area contributed by atoms with Crippen LogP contribution in [-0.4, -0.2) is 30.8 Å². The van der Waals surface area contributed by atoms with Crippen LogP contribution in [0, 0.1) is 0 Å². The zero-order chi connectivity index (χ0) is 19.8. The van der Waals surface area contributed by atoms with Gasteiger partial charge >= 0.3 is 0 Å². The number of nitrogens with zero attached hydrogens (tertiary/aromatic N) is 2. The number of nitrogens with one attached hydrogen (secondary N) is 1. The van der Waals surface area contributed by atoms with Gasteiger partial charge in [0.05, 0.1) is 0 Å². The molecule has 0 bridgehead atoms. The number of aromatic nitrogens is 1. The lowest BCUT2D eigenvalue weighted by molar-refractivity contribution is -0.351. The molecule has 28 heavy (non-hydrogen) atoms. The fourth-order valence-electron chi connectivity index (χ4n) is 3.01. The predicted octanol–water partition coefficient (Wildman–Crippen LogP) is 1.74. The summed E-state index contributed by atoms with van der Waals surface area (Å²) in [5, 5.41) is 0. The van der Waals surface area contributed by atoms with Crippen LogP contribution in [0.3, 0.4) is 0 Å². The third-order valence-electron chi connectivity index (χ3n) is 4.46. The Morgan fingerprint density at radius 3 is 2.71 bits per heavy atom. The number of anilines is 1. The van der Waals surface area contributed by atoms with E-state index in [2.05, 4.69) is 15.5 Å². The zero-order valence-electron chi connectivity index (χ0n) is 15.2. The normalized spacial score (nSPS) is 18.0. The Bertz CT molecular complexity index is 1110. The minimum atomic E-state index is -1.21. The highest BCUT2D eigenvalue weighted by atomic mass is 17.3. The highest BCUT2D eigenvalue weighted by molar-refractivity contribution is 5.90. The molecule has 1 amide bonds. The lowest BCUT2D eigenvalue weighted by atomic mass is 9.98. The van der Waals surface area contributed by atoms with Crippen molar-refractivity contribution in [2.24, 2.45) is 0 Å². The van der Waals surface area contributed by atoms with Crippen molar-refractivity contribution in [1.29, 1.82) is 0 Å². The van der Waals surface area contributed by atoms with Crippen molar-refractivity contribution in [2.45, 2.75) is 18.9 Å². The Morgan fingerprint density at radius 1 is 1.11 bits per heavy atom. The van der Waals surface area contributed by atoms with E-state index in [0.29, 0.717) is 16.8 Å². The largest absolute Gasteiger partial charge is 0.453 e. The highest BCUT2D eigenvalue weighted by Gasteiger charge is 2.31. The van der Waals surface area contributed by atoms with Gasteiger partial charge in [0, 0.05) is 50.3 Å². The second-order valence-corrected chi connectivity index (χ2v) is 6.67. The minimum absolute atomic E-state index is 0.0399. The van der Waals surface area contributed by atoms with Crippen molar-refractivity contribution < 1.29 is 23.9 Å². The van der Waals surface area contributed by atoms with E-state index >= 15 is 0 Å². The molecule has 1 fully saturated rings. The molecule has 1 aromatic rings. The third kappa shape index (κ3) is 3.32. The van der Waals surface area contributed by atoms with Gasteiger partial charge in [-0.3, -0.25) is 14.4 Å². The summed E-state index contributed by atoms with van der Waals surface area (Å²) in [5.74, 6) is -0.634. The van der Waals surface area contributed by atoms with Crippen LogP contribution in [0.25, 0.3) is 22.6 Å².